The van der Waals surface area contributed by atoms with Crippen molar-refractivity contribution in [2.75, 3.05) is 5.32 Å². The molecule has 0 saturated carbocycles. The second-order valence-corrected chi connectivity index (χ2v) is 5.10. The van der Waals surface area contributed by atoms with E-state index in [9.17, 15) is 0 Å². The SMILES string of the molecule is Cc1c(Br)cc(Br)c(NC=C(C#N)C#N)c1C. The topological polar surface area (TPSA) is 59.6 Å². The van der Waals surface area contributed by atoms with Gasteiger partial charge in [-0.2, -0.15) is 10.5 Å². The largest absolute Gasteiger partial charge is 0.359 e. The molecule has 1 N–H and O–H groups in total. The molecule has 17 heavy (non-hydrogen) atoms. The second-order valence-electron chi connectivity index (χ2n) is 3.39. The molecule has 0 aliphatic rings. The van der Waals surface area contributed by atoms with Gasteiger partial charge in [0.05, 0.1) is 5.69 Å². The smallest absolute Gasteiger partial charge is 0.145 e. The van der Waals surface area contributed by atoms with E-state index in [-0.39, 0.29) is 5.57 Å². The van der Waals surface area contributed by atoms with Crippen LogP contribution >= 0.6 is 31.9 Å². The van der Waals surface area contributed by atoms with Crippen LogP contribution in [0.15, 0.2) is 26.8 Å². The average molecular weight is 355 g/mol. The molecule has 0 spiro atoms. The van der Waals surface area contributed by atoms with Crippen LogP contribution in [0.2, 0.25) is 0 Å². The monoisotopic (exact) mass is 353 g/mol. The highest BCUT2D eigenvalue weighted by atomic mass is 79.9. The van der Waals surface area contributed by atoms with Crippen LogP contribution in [0.5, 0.6) is 0 Å². The van der Waals surface area contributed by atoms with E-state index < -0.39 is 0 Å². The predicted octanol–water partition coefficient (Wildman–Crippen LogP) is 4.17. The van der Waals surface area contributed by atoms with Crippen molar-refractivity contribution in [2.24, 2.45) is 0 Å². The lowest BCUT2D eigenvalue weighted by molar-refractivity contribution is 1.29. The first-order chi connectivity index (χ1) is 8.01. The first-order valence-electron chi connectivity index (χ1n) is 4.73. The summed E-state index contributed by atoms with van der Waals surface area (Å²) in [6.07, 6.45) is 1.40. The first-order valence-corrected chi connectivity index (χ1v) is 6.32. The number of halogens is 2. The minimum Gasteiger partial charge on any atom is -0.359 e. The van der Waals surface area contributed by atoms with E-state index in [1.807, 2.05) is 19.9 Å². The van der Waals surface area contributed by atoms with Gasteiger partial charge < -0.3 is 5.32 Å². The third-order valence-electron chi connectivity index (χ3n) is 2.39. The van der Waals surface area contributed by atoms with E-state index in [1.165, 1.54) is 6.20 Å². The van der Waals surface area contributed by atoms with E-state index in [1.54, 1.807) is 12.1 Å². The molecule has 0 aromatic heterocycles. The molecule has 0 radical (unpaired) electrons. The highest BCUT2D eigenvalue weighted by Gasteiger charge is 2.08. The molecule has 0 amide bonds. The van der Waals surface area contributed by atoms with Crippen LogP contribution in [0.25, 0.3) is 0 Å². The lowest BCUT2D eigenvalue weighted by Crippen LogP contribution is -1.97. The summed E-state index contributed by atoms with van der Waals surface area (Å²) in [7, 11) is 0. The van der Waals surface area contributed by atoms with Gasteiger partial charge in [-0.1, -0.05) is 15.9 Å². The van der Waals surface area contributed by atoms with Crippen molar-refractivity contribution >= 4 is 37.5 Å². The Balaban J connectivity index is 3.18. The van der Waals surface area contributed by atoms with E-state index in [0.717, 1.165) is 25.8 Å². The Kier molecular flexibility index (Phi) is 4.74. The quantitative estimate of drug-likeness (QED) is 0.810. The Morgan fingerprint density at radius 1 is 1.18 bits per heavy atom. The van der Waals surface area contributed by atoms with Crippen LogP contribution in [-0.4, -0.2) is 0 Å². The van der Waals surface area contributed by atoms with E-state index >= 15 is 0 Å². The molecule has 1 rings (SSSR count). The maximum Gasteiger partial charge on any atom is 0.145 e. The van der Waals surface area contributed by atoms with Gasteiger partial charge in [0.1, 0.15) is 17.7 Å². The highest BCUT2D eigenvalue weighted by molar-refractivity contribution is 9.11. The molecule has 1 aromatic carbocycles. The van der Waals surface area contributed by atoms with E-state index in [2.05, 4.69) is 37.2 Å². The maximum atomic E-state index is 8.64. The van der Waals surface area contributed by atoms with Crippen molar-refractivity contribution < 1.29 is 0 Å². The fourth-order valence-corrected chi connectivity index (χ4v) is 2.72. The Morgan fingerprint density at radius 2 is 1.76 bits per heavy atom. The van der Waals surface area contributed by atoms with Gasteiger partial charge in [0, 0.05) is 15.1 Å². The van der Waals surface area contributed by atoms with Crippen molar-refractivity contribution in [1.82, 2.24) is 0 Å². The number of anilines is 1. The second kappa shape index (κ2) is 5.86. The molecule has 0 aliphatic heterocycles. The van der Waals surface area contributed by atoms with Crippen LogP contribution in [-0.2, 0) is 0 Å². The summed E-state index contributed by atoms with van der Waals surface area (Å²) in [5.74, 6) is 0. The fourth-order valence-electron chi connectivity index (χ4n) is 1.25. The number of hydrogen-bond donors (Lipinski definition) is 1. The zero-order valence-electron chi connectivity index (χ0n) is 9.31. The summed E-state index contributed by atoms with van der Waals surface area (Å²) in [6.45, 7) is 3.97. The third kappa shape index (κ3) is 3.09. The molecule has 0 atom stereocenters. The molecule has 3 nitrogen and oxygen atoms in total. The van der Waals surface area contributed by atoms with Crippen LogP contribution < -0.4 is 5.32 Å². The van der Waals surface area contributed by atoms with E-state index in [0.29, 0.717) is 0 Å². The number of hydrogen-bond acceptors (Lipinski definition) is 3. The number of nitrogens with one attached hydrogen (secondary N) is 1. The minimum absolute atomic E-state index is 0.0388. The van der Waals surface area contributed by atoms with Gasteiger partial charge in [-0.3, -0.25) is 0 Å². The number of nitriles is 2. The van der Waals surface area contributed by atoms with Gasteiger partial charge in [-0.15, -0.1) is 0 Å². The Hall–Kier alpha value is -1.30. The molecule has 0 unspecified atom stereocenters. The molecule has 1 aromatic rings. The van der Waals surface area contributed by atoms with Crippen molar-refractivity contribution in [3.05, 3.63) is 37.9 Å². The van der Waals surface area contributed by atoms with Crippen LogP contribution in [0.3, 0.4) is 0 Å². The molecular weight excluding hydrogens is 346 g/mol. The van der Waals surface area contributed by atoms with Crippen molar-refractivity contribution in [1.29, 1.82) is 10.5 Å². The van der Waals surface area contributed by atoms with Gasteiger partial charge >= 0.3 is 0 Å². The number of benzene rings is 1. The standard InChI is InChI=1S/C12H9Br2N3/c1-7-8(2)12(11(14)3-10(7)13)17-6-9(4-15)5-16/h3,6,17H,1-2H3. The molecule has 0 fully saturated rings. The first kappa shape index (κ1) is 13.8. The summed E-state index contributed by atoms with van der Waals surface area (Å²) in [6, 6.07) is 5.53. The Bertz CT molecular complexity index is 547. The van der Waals surface area contributed by atoms with Gasteiger partial charge in [0.25, 0.3) is 0 Å². The molecule has 5 heteroatoms. The fraction of sp³-hybridized carbons (Fsp3) is 0.167. The summed E-state index contributed by atoms with van der Waals surface area (Å²) < 4.78 is 1.89. The molecule has 0 bridgehead atoms. The summed E-state index contributed by atoms with van der Waals surface area (Å²) >= 11 is 6.90. The Labute approximate surface area is 117 Å². The van der Waals surface area contributed by atoms with Gasteiger partial charge in [0.15, 0.2) is 0 Å². The molecule has 86 valence electrons. The number of allylic oxidation sites excluding steroid dienone is 1. The molecule has 0 heterocycles. The minimum atomic E-state index is 0.0388. The molecular formula is C12H9Br2N3. The zero-order chi connectivity index (χ0) is 13.0. The Morgan fingerprint density at radius 3 is 2.29 bits per heavy atom. The van der Waals surface area contributed by atoms with Crippen molar-refractivity contribution in [3.63, 3.8) is 0 Å². The zero-order valence-corrected chi connectivity index (χ0v) is 12.5. The third-order valence-corrected chi connectivity index (χ3v) is 3.84. The average Bonchev–Trinajstić information content (AvgIpc) is 2.31. The molecule has 0 aliphatic carbocycles. The lowest BCUT2D eigenvalue weighted by atomic mass is 10.1. The normalized spacial score (nSPS) is 9.06. The lowest BCUT2D eigenvalue weighted by Gasteiger charge is -2.12. The van der Waals surface area contributed by atoms with Crippen molar-refractivity contribution in [2.45, 2.75) is 13.8 Å². The van der Waals surface area contributed by atoms with Crippen LogP contribution in [0.1, 0.15) is 11.1 Å². The summed E-state index contributed by atoms with van der Waals surface area (Å²) in [4.78, 5) is 0. The highest BCUT2D eigenvalue weighted by Crippen LogP contribution is 2.33. The summed E-state index contributed by atoms with van der Waals surface area (Å²) in [5, 5.41) is 20.3. The number of rotatable bonds is 2. The van der Waals surface area contributed by atoms with Crippen LogP contribution in [0, 0.1) is 36.5 Å². The number of nitrogens with zero attached hydrogens (tertiary/aromatic N) is 2. The van der Waals surface area contributed by atoms with Gasteiger partial charge in [-0.25, -0.2) is 0 Å². The maximum absolute atomic E-state index is 8.64. The van der Waals surface area contributed by atoms with Gasteiger partial charge in [-0.05, 0) is 47.0 Å². The molecule has 0 saturated heterocycles. The van der Waals surface area contributed by atoms with Crippen molar-refractivity contribution in [3.8, 4) is 12.1 Å². The van der Waals surface area contributed by atoms with Gasteiger partial charge in [0.2, 0.25) is 0 Å². The predicted molar refractivity (Wildman–Crippen MR) is 74.2 cm³/mol. The van der Waals surface area contributed by atoms with Crippen LogP contribution in [0.4, 0.5) is 5.69 Å². The van der Waals surface area contributed by atoms with E-state index in [4.69, 9.17) is 10.5 Å². The summed E-state index contributed by atoms with van der Waals surface area (Å²) in [5.41, 5.74) is 3.06.